The molecule has 19 heavy (non-hydrogen) atoms. The standard InChI is InChI=1S/C12H8BrFN4O/c1-18-11(7(5-15)6-16-18)17-12(19)8-3-2-4-9(13)10(8)14/h2-4,6H,1H3,(H,17,19). The molecule has 0 unspecified atom stereocenters. The first-order valence-corrected chi connectivity index (χ1v) is 6.01. The summed E-state index contributed by atoms with van der Waals surface area (Å²) >= 11 is 3.01. The average molecular weight is 323 g/mol. The Kier molecular flexibility index (Phi) is 3.62. The van der Waals surface area contributed by atoms with Crippen molar-refractivity contribution in [2.75, 3.05) is 5.32 Å². The maximum atomic E-state index is 13.8. The summed E-state index contributed by atoms with van der Waals surface area (Å²) in [5.41, 5.74) is 0.103. The van der Waals surface area contributed by atoms with Crippen LogP contribution in [0, 0.1) is 17.1 Å². The fourth-order valence-corrected chi connectivity index (χ4v) is 1.89. The molecule has 0 radical (unpaired) electrons. The number of halogens is 2. The molecule has 1 amide bonds. The SMILES string of the molecule is Cn1ncc(C#N)c1NC(=O)c1cccc(Br)c1F. The van der Waals surface area contributed by atoms with E-state index >= 15 is 0 Å². The van der Waals surface area contributed by atoms with Crippen LogP contribution in [0.25, 0.3) is 0 Å². The quantitative estimate of drug-likeness (QED) is 0.923. The zero-order valence-electron chi connectivity index (χ0n) is 9.82. The summed E-state index contributed by atoms with van der Waals surface area (Å²) in [5.74, 6) is -1.06. The van der Waals surface area contributed by atoms with Gasteiger partial charge in [-0.3, -0.25) is 9.48 Å². The van der Waals surface area contributed by atoms with Gasteiger partial charge in [-0.05, 0) is 28.1 Å². The van der Waals surface area contributed by atoms with Crippen LogP contribution in [0.2, 0.25) is 0 Å². The van der Waals surface area contributed by atoms with Crippen molar-refractivity contribution in [2.45, 2.75) is 0 Å². The maximum Gasteiger partial charge on any atom is 0.259 e. The molecule has 0 fully saturated rings. The molecule has 1 aromatic heterocycles. The third kappa shape index (κ3) is 2.48. The normalized spacial score (nSPS) is 10.0. The van der Waals surface area contributed by atoms with Gasteiger partial charge in [0.05, 0.1) is 16.2 Å². The van der Waals surface area contributed by atoms with Gasteiger partial charge < -0.3 is 5.32 Å². The lowest BCUT2D eigenvalue weighted by Crippen LogP contribution is -2.17. The zero-order chi connectivity index (χ0) is 14.0. The van der Waals surface area contributed by atoms with E-state index in [9.17, 15) is 9.18 Å². The Morgan fingerprint density at radius 2 is 2.32 bits per heavy atom. The highest BCUT2D eigenvalue weighted by molar-refractivity contribution is 9.10. The number of anilines is 1. The third-order valence-electron chi connectivity index (χ3n) is 2.49. The maximum absolute atomic E-state index is 13.8. The second-order valence-corrected chi connectivity index (χ2v) is 4.55. The molecule has 96 valence electrons. The molecule has 5 nitrogen and oxygen atoms in total. The van der Waals surface area contributed by atoms with E-state index in [4.69, 9.17) is 5.26 Å². The van der Waals surface area contributed by atoms with Gasteiger partial charge in [-0.1, -0.05) is 6.07 Å². The van der Waals surface area contributed by atoms with Crippen molar-refractivity contribution in [3.8, 4) is 6.07 Å². The van der Waals surface area contributed by atoms with E-state index in [1.54, 1.807) is 13.1 Å². The number of amides is 1. The number of nitriles is 1. The summed E-state index contributed by atoms with van der Waals surface area (Å²) in [4.78, 5) is 12.0. The monoisotopic (exact) mass is 322 g/mol. The second kappa shape index (κ2) is 5.20. The Morgan fingerprint density at radius 3 is 3.00 bits per heavy atom. The summed E-state index contributed by atoms with van der Waals surface area (Å²) in [5, 5.41) is 15.2. The first kappa shape index (κ1) is 13.2. The highest BCUT2D eigenvalue weighted by Crippen LogP contribution is 2.20. The smallest absolute Gasteiger partial charge is 0.259 e. The van der Waals surface area contributed by atoms with Gasteiger partial charge in [0.25, 0.3) is 5.91 Å². The van der Waals surface area contributed by atoms with Crippen LogP contribution < -0.4 is 5.32 Å². The minimum absolute atomic E-state index is 0.112. The molecule has 0 aliphatic rings. The number of carbonyl (C=O) groups excluding carboxylic acids is 1. The molecule has 0 aliphatic heterocycles. The van der Waals surface area contributed by atoms with Gasteiger partial charge >= 0.3 is 0 Å². The lowest BCUT2D eigenvalue weighted by atomic mass is 10.2. The van der Waals surface area contributed by atoms with E-state index in [-0.39, 0.29) is 21.4 Å². The molecule has 0 saturated carbocycles. The largest absolute Gasteiger partial charge is 0.306 e. The molecule has 1 N–H and O–H groups in total. The predicted octanol–water partition coefficient (Wildman–Crippen LogP) is 2.45. The summed E-state index contributed by atoms with van der Waals surface area (Å²) in [6.45, 7) is 0. The molecule has 1 aromatic carbocycles. The summed E-state index contributed by atoms with van der Waals surface area (Å²) < 4.78 is 15.3. The Morgan fingerprint density at radius 1 is 1.58 bits per heavy atom. The highest BCUT2D eigenvalue weighted by atomic mass is 79.9. The van der Waals surface area contributed by atoms with Gasteiger partial charge in [0.2, 0.25) is 0 Å². The van der Waals surface area contributed by atoms with Crippen LogP contribution >= 0.6 is 15.9 Å². The van der Waals surface area contributed by atoms with Crippen molar-refractivity contribution in [3.05, 3.63) is 45.8 Å². The minimum Gasteiger partial charge on any atom is -0.306 e. The number of hydrogen-bond donors (Lipinski definition) is 1. The fraction of sp³-hybridized carbons (Fsp3) is 0.0833. The molecule has 0 atom stereocenters. The first-order valence-electron chi connectivity index (χ1n) is 5.22. The topological polar surface area (TPSA) is 70.7 Å². The molecule has 2 rings (SSSR count). The molecule has 7 heteroatoms. The summed E-state index contributed by atoms with van der Waals surface area (Å²) in [6, 6.07) is 6.31. The number of benzene rings is 1. The highest BCUT2D eigenvalue weighted by Gasteiger charge is 2.17. The summed E-state index contributed by atoms with van der Waals surface area (Å²) in [7, 11) is 1.58. The minimum atomic E-state index is -0.652. The molecule has 2 aromatic rings. The fourth-order valence-electron chi connectivity index (χ4n) is 1.52. The lowest BCUT2D eigenvalue weighted by Gasteiger charge is -2.07. The number of carbonyl (C=O) groups is 1. The van der Waals surface area contributed by atoms with Crippen molar-refractivity contribution >= 4 is 27.7 Å². The van der Waals surface area contributed by atoms with E-state index in [1.165, 1.54) is 23.0 Å². The number of nitrogens with one attached hydrogen (secondary N) is 1. The number of nitrogens with zero attached hydrogens (tertiary/aromatic N) is 3. The van der Waals surface area contributed by atoms with E-state index in [0.29, 0.717) is 0 Å². The Bertz CT molecular complexity index is 690. The van der Waals surface area contributed by atoms with Gasteiger partial charge in [0, 0.05) is 7.05 Å². The van der Waals surface area contributed by atoms with Crippen LogP contribution in [0.3, 0.4) is 0 Å². The molecule has 0 spiro atoms. The lowest BCUT2D eigenvalue weighted by molar-refractivity contribution is 0.102. The van der Waals surface area contributed by atoms with Crippen molar-refractivity contribution in [1.82, 2.24) is 9.78 Å². The Hall–Kier alpha value is -2.20. The van der Waals surface area contributed by atoms with E-state index < -0.39 is 11.7 Å². The summed E-state index contributed by atoms with van der Waals surface area (Å²) in [6.07, 6.45) is 1.33. The molecular formula is C12H8BrFN4O. The molecule has 1 heterocycles. The van der Waals surface area contributed by atoms with Gasteiger partial charge in [-0.15, -0.1) is 0 Å². The van der Waals surface area contributed by atoms with Crippen LogP contribution in [0.1, 0.15) is 15.9 Å². The van der Waals surface area contributed by atoms with Gasteiger partial charge in [-0.25, -0.2) is 4.39 Å². The first-order chi connectivity index (χ1) is 9.04. The van der Waals surface area contributed by atoms with E-state index in [2.05, 4.69) is 26.3 Å². The van der Waals surface area contributed by atoms with Crippen LogP contribution in [0.15, 0.2) is 28.9 Å². The van der Waals surface area contributed by atoms with Gasteiger partial charge in [0.1, 0.15) is 23.3 Å². The molecule has 0 saturated heterocycles. The number of hydrogen-bond acceptors (Lipinski definition) is 3. The number of aryl methyl sites for hydroxylation is 1. The van der Waals surface area contributed by atoms with Crippen molar-refractivity contribution in [2.24, 2.45) is 7.05 Å². The van der Waals surface area contributed by atoms with Crippen LogP contribution in [-0.2, 0) is 7.05 Å². The van der Waals surface area contributed by atoms with E-state index in [1.807, 2.05) is 6.07 Å². The van der Waals surface area contributed by atoms with Crippen LogP contribution in [0.4, 0.5) is 10.2 Å². The zero-order valence-corrected chi connectivity index (χ0v) is 11.4. The second-order valence-electron chi connectivity index (χ2n) is 3.70. The molecular weight excluding hydrogens is 315 g/mol. The van der Waals surface area contributed by atoms with Crippen LogP contribution in [-0.4, -0.2) is 15.7 Å². The van der Waals surface area contributed by atoms with Gasteiger partial charge in [-0.2, -0.15) is 10.4 Å². The van der Waals surface area contributed by atoms with Gasteiger partial charge in [0.15, 0.2) is 0 Å². The Balaban J connectivity index is 2.34. The number of aromatic nitrogens is 2. The average Bonchev–Trinajstić information content (AvgIpc) is 2.74. The van der Waals surface area contributed by atoms with Crippen molar-refractivity contribution in [1.29, 1.82) is 5.26 Å². The molecule has 0 bridgehead atoms. The van der Waals surface area contributed by atoms with Crippen molar-refractivity contribution in [3.63, 3.8) is 0 Å². The Labute approximate surface area is 116 Å². The molecule has 0 aliphatic carbocycles. The third-order valence-corrected chi connectivity index (χ3v) is 3.10. The predicted molar refractivity (Wildman–Crippen MR) is 70.0 cm³/mol. The van der Waals surface area contributed by atoms with Crippen molar-refractivity contribution < 1.29 is 9.18 Å². The van der Waals surface area contributed by atoms with Crippen LogP contribution in [0.5, 0.6) is 0 Å². The van der Waals surface area contributed by atoms with E-state index in [0.717, 1.165) is 0 Å². The number of rotatable bonds is 2.